The molecule has 0 N–H and O–H groups in total. The Morgan fingerprint density at radius 2 is 1.91 bits per heavy atom. The highest BCUT2D eigenvalue weighted by molar-refractivity contribution is 5.46. The van der Waals surface area contributed by atoms with Crippen LogP contribution < -0.4 is 4.90 Å². The average molecular weight is 312 g/mol. The standard InChI is InChI=1S/C15H20N8/c1(4-21-5-2-16-13-21)3-20-6-8-22(9-7-20)15-11-17-10-14-18-12-19-23(14)15/h2,5,10-13H,1,3-4,6-9H2. The molecule has 1 fully saturated rings. The van der Waals surface area contributed by atoms with Gasteiger partial charge >= 0.3 is 0 Å². The van der Waals surface area contributed by atoms with Gasteiger partial charge in [-0.3, -0.25) is 9.88 Å². The zero-order valence-corrected chi connectivity index (χ0v) is 13.0. The molecule has 1 saturated heterocycles. The highest BCUT2D eigenvalue weighted by atomic mass is 15.4. The monoisotopic (exact) mass is 312 g/mol. The molecule has 120 valence electrons. The van der Waals surface area contributed by atoms with Gasteiger partial charge in [0.25, 0.3) is 0 Å². The molecule has 0 amide bonds. The second-order valence-electron chi connectivity index (χ2n) is 5.78. The first kappa shape index (κ1) is 14.1. The minimum Gasteiger partial charge on any atom is -0.353 e. The number of hydrogen-bond donors (Lipinski definition) is 0. The van der Waals surface area contributed by atoms with Crippen LogP contribution in [0.5, 0.6) is 0 Å². The van der Waals surface area contributed by atoms with Gasteiger partial charge in [0.2, 0.25) is 0 Å². The van der Waals surface area contributed by atoms with E-state index in [1.165, 1.54) is 0 Å². The molecule has 3 aromatic rings. The topological polar surface area (TPSA) is 67.4 Å². The van der Waals surface area contributed by atoms with Gasteiger partial charge in [-0.25, -0.2) is 9.97 Å². The van der Waals surface area contributed by atoms with Gasteiger partial charge < -0.3 is 9.47 Å². The van der Waals surface area contributed by atoms with Gasteiger partial charge in [0.1, 0.15) is 6.33 Å². The minimum atomic E-state index is 0.797. The third-order valence-corrected chi connectivity index (χ3v) is 4.32. The lowest BCUT2D eigenvalue weighted by Gasteiger charge is -2.35. The van der Waals surface area contributed by atoms with Crippen molar-refractivity contribution in [2.24, 2.45) is 0 Å². The van der Waals surface area contributed by atoms with Crippen LogP contribution in [0.4, 0.5) is 5.82 Å². The molecule has 8 heteroatoms. The van der Waals surface area contributed by atoms with Crippen molar-refractivity contribution in [3.05, 3.63) is 37.4 Å². The number of piperazine rings is 1. The maximum Gasteiger partial charge on any atom is 0.175 e. The lowest BCUT2D eigenvalue weighted by Crippen LogP contribution is -2.47. The van der Waals surface area contributed by atoms with Crippen LogP contribution in [0.3, 0.4) is 0 Å². The molecule has 8 nitrogen and oxygen atoms in total. The third-order valence-electron chi connectivity index (χ3n) is 4.32. The molecule has 0 unspecified atom stereocenters. The molecule has 0 aliphatic carbocycles. The molecule has 1 aliphatic rings. The van der Waals surface area contributed by atoms with E-state index in [2.05, 4.69) is 34.4 Å². The maximum atomic E-state index is 4.29. The van der Waals surface area contributed by atoms with E-state index in [1.807, 2.05) is 29.4 Å². The van der Waals surface area contributed by atoms with E-state index in [1.54, 1.807) is 12.5 Å². The smallest absolute Gasteiger partial charge is 0.175 e. The van der Waals surface area contributed by atoms with Crippen LogP contribution in [0.2, 0.25) is 0 Å². The largest absolute Gasteiger partial charge is 0.353 e. The molecule has 1 aliphatic heterocycles. The molecule has 0 bridgehead atoms. The number of anilines is 1. The fourth-order valence-electron chi connectivity index (χ4n) is 3.05. The lowest BCUT2D eigenvalue weighted by atomic mass is 10.3. The summed E-state index contributed by atoms with van der Waals surface area (Å²) in [6, 6.07) is 0. The first-order valence-corrected chi connectivity index (χ1v) is 7.97. The van der Waals surface area contributed by atoms with Gasteiger partial charge in [-0.05, 0) is 13.0 Å². The second-order valence-corrected chi connectivity index (χ2v) is 5.78. The van der Waals surface area contributed by atoms with Crippen LogP contribution >= 0.6 is 0 Å². The molecule has 0 radical (unpaired) electrons. The Morgan fingerprint density at radius 1 is 1.00 bits per heavy atom. The summed E-state index contributed by atoms with van der Waals surface area (Å²) in [5, 5.41) is 4.29. The summed E-state index contributed by atoms with van der Waals surface area (Å²) in [5.41, 5.74) is 0.797. The van der Waals surface area contributed by atoms with E-state index < -0.39 is 0 Å². The molecule has 0 atom stereocenters. The number of aryl methyl sites for hydroxylation is 1. The lowest BCUT2D eigenvalue weighted by molar-refractivity contribution is 0.249. The van der Waals surface area contributed by atoms with E-state index in [0.29, 0.717) is 0 Å². The van der Waals surface area contributed by atoms with Crippen molar-refractivity contribution in [2.45, 2.75) is 13.0 Å². The second kappa shape index (κ2) is 6.33. The molecule has 0 spiro atoms. The first-order chi connectivity index (χ1) is 11.4. The zero-order chi connectivity index (χ0) is 15.5. The van der Waals surface area contributed by atoms with Crippen molar-refractivity contribution < 1.29 is 0 Å². The highest BCUT2D eigenvalue weighted by Gasteiger charge is 2.19. The Bertz CT molecular complexity index is 742. The Balaban J connectivity index is 1.31. The molecular weight excluding hydrogens is 292 g/mol. The van der Waals surface area contributed by atoms with Crippen molar-refractivity contribution in [3.63, 3.8) is 0 Å². The van der Waals surface area contributed by atoms with Crippen LogP contribution in [-0.2, 0) is 6.54 Å². The van der Waals surface area contributed by atoms with Gasteiger partial charge in [-0.1, -0.05) is 0 Å². The van der Waals surface area contributed by atoms with Crippen LogP contribution in [0.1, 0.15) is 6.42 Å². The predicted molar refractivity (Wildman–Crippen MR) is 86.3 cm³/mol. The minimum absolute atomic E-state index is 0.797. The van der Waals surface area contributed by atoms with Gasteiger partial charge in [0.05, 0.1) is 18.7 Å². The van der Waals surface area contributed by atoms with Crippen LogP contribution in [0.15, 0.2) is 37.4 Å². The summed E-state index contributed by atoms with van der Waals surface area (Å²) < 4.78 is 4.00. The van der Waals surface area contributed by atoms with E-state index >= 15 is 0 Å². The van der Waals surface area contributed by atoms with Gasteiger partial charge in [0, 0.05) is 45.1 Å². The summed E-state index contributed by atoms with van der Waals surface area (Å²) in [7, 11) is 0. The Labute approximate surface area is 134 Å². The average Bonchev–Trinajstić information content (AvgIpc) is 3.26. The van der Waals surface area contributed by atoms with Gasteiger partial charge in [-0.15, -0.1) is 0 Å². The normalized spacial score (nSPS) is 16.3. The van der Waals surface area contributed by atoms with Crippen LogP contribution in [0.25, 0.3) is 5.65 Å². The van der Waals surface area contributed by atoms with Crippen molar-refractivity contribution >= 4 is 11.5 Å². The van der Waals surface area contributed by atoms with E-state index in [0.717, 1.165) is 57.2 Å². The fourth-order valence-corrected chi connectivity index (χ4v) is 3.05. The Hall–Kier alpha value is -2.48. The zero-order valence-electron chi connectivity index (χ0n) is 13.0. The number of hydrogen-bond acceptors (Lipinski definition) is 6. The van der Waals surface area contributed by atoms with Crippen LogP contribution in [-0.4, -0.2) is 66.8 Å². The third kappa shape index (κ3) is 3.02. The molecule has 0 aromatic carbocycles. The predicted octanol–water partition coefficient (Wildman–Crippen LogP) is 0.533. The molecule has 23 heavy (non-hydrogen) atoms. The van der Waals surface area contributed by atoms with E-state index in [-0.39, 0.29) is 0 Å². The first-order valence-electron chi connectivity index (χ1n) is 7.97. The molecule has 0 saturated carbocycles. The fraction of sp³-hybridized carbons (Fsp3) is 0.467. The summed E-state index contributed by atoms with van der Waals surface area (Å²) in [5.74, 6) is 1.03. The summed E-state index contributed by atoms with van der Waals surface area (Å²) in [6.07, 6.45) is 12.1. The number of fused-ring (bicyclic) bond motifs is 1. The molecule has 3 aromatic heterocycles. The quantitative estimate of drug-likeness (QED) is 0.685. The number of nitrogens with zero attached hydrogens (tertiary/aromatic N) is 8. The SMILES string of the molecule is c1cn(CCCN2CCN(c3cncc4ncnn34)CC2)cn1. The van der Waals surface area contributed by atoms with Crippen molar-refractivity contribution in [2.75, 3.05) is 37.6 Å². The maximum absolute atomic E-state index is 4.29. The van der Waals surface area contributed by atoms with Crippen molar-refractivity contribution in [1.29, 1.82) is 0 Å². The summed E-state index contributed by atoms with van der Waals surface area (Å²) in [4.78, 5) is 17.4. The highest BCUT2D eigenvalue weighted by Crippen LogP contribution is 2.15. The van der Waals surface area contributed by atoms with Gasteiger partial charge in [-0.2, -0.15) is 9.61 Å². The van der Waals surface area contributed by atoms with E-state index in [9.17, 15) is 0 Å². The van der Waals surface area contributed by atoms with Crippen molar-refractivity contribution in [1.82, 2.24) is 34.0 Å². The number of imidazole rings is 1. The number of aromatic nitrogens is 6. The Morgan fingerprint density at radius 3 is 2.74 bits per heavy atom. The van der Waals surface area contributed by atoms with E-state index in [4.69, 9.17) is 0 Å². The molecule has 4 heterocycles. The Kier molecular flexibility index (Phi) is 3.89. The number of rotatable bonds is 5. The van der Waals surface area contributed by atoms with Crippen molar-refractivity contribution in [3.8, 4) is 0 Å². The summed E-state index contributed by atoms with van der Waals surface area (Å²) in [6.45, 7) is 6.27. The van der Waals surface area contributed by atoms with Crippen LogP contribution in [0, 0.1) is 0 Å². The summed E-state index contributed by atoms with van der Waals surface area (Å²) >= 11 is 0. The molecule has 4 rings (SSSR count). The molecular formula is C15H20N8. The van der Waals surface area contributed by atoms with Gasteiger partial charge in [0.15, 0.2) is 11.5 Å².